The lowest BCUT2D eigenvalue weighted by molar-refractivity contribution is -0.141. The Hall–Kier alpha value is -6.96. The number of carbonyl (C=O) groups excluding carboxylic acids is 4. The van der Waals surface area contributed by atoms with Gasteiger partial charge in [-0.15, -0.1) is 0 Å². The number of amides is 5. The van der Waals surface area contributed by atoms with Gasteiger partial charge in [-0.1, -0.05) is 42.5 Å². The topological polar surface area (TPSA) is 383 Å². The van der Waals surface area contributed by atoms with Gasteiger partial charge in [-0.2, -0.15) is 0 Å². The van der Waals surface area contributed by atoms with E-state index in [2.05, 4.69) is 37.2 Å². The molecule has 25 heteroatoms. The van der Waals surface area contributed by atoms with Gasteiger partial charge in [0.1, 0.15) is 18.1 Å². The van der Waals surface area contributed by atoms with Crippen molar-refractivity contribution in [3.05, 3.63) is 48.0 Å². The molecule has 3 atom stereocenters. The van der Waals surface area contributed by atoms with Gasteiger partial charge in [-0.05, 0) is 73.6 Å². The third-order valence-corrected chi connectivity index (χ3v) is 12.0. The average molecular weight is 1020 g/mol. The molecule has 25 nitrogen and oxygen atoms in total. The van der Waals surface area contributed by atoms with E-state index in [1.807, 2.05) is 42.5 Å². The Balaban J connectivity index is 1.46. The number of urea groups is 1. The number of fused-ring (bicyclic) bond motifs is 1. The second-order valence-corrected chi connectivity index (χ2v) is 17.7. The quantitative estimate of drug-likeness (QED) is 0.0371. The van der Waals surface area contributed by atoms with Gasteiger partial charge in [0.15, 0.2) is 0 Å². The molecule has 1 aliphatic rings. The van der Waals surface area contributed by atoms with Crippen molar-refractivity contribution in [1.29, 1.82) is 0 Å². The van der Waals surface area contributed by atoms with Crippen molar-refractivity contribution in [2.75, 3.05) is 78.5 Å². The van der Waals surface area contributed by atoms with Gasteiger partial charge >= 0.3 is 41.8 Å². The molecule has 3 rings (SSSR count). The summed E-state index contributed by atoms with van der Waals surface area (Å²) in [5, 5.41) is 75.8. The number of nitrogens with zero attached hydrogens (tertiary/aromatic N) is 2. The maximum Gasteiger partial charge on any atom is 0.326 e. The molecule has 2 aromatic carbocycles. The van der Waals surface area contributed by atoms with E-state index in [0.717, 1.165) is 16.3 Å². The van der Waals surface area contributed by atoms with Gasteiger partial charge in [-0.3, -0.25) is 43.4 Å². The summed E-state index contributed by atoms with van der Waals surface area (Å²) in [5.74, 6) is -8.63. The van der Waals surface area contributed by atoms with Crippen molar-refractivity contribution >= 4 is 70.3 Å². The fourth-order valence-electron chi connectivity index (χ4n) is 8.08. The zero-order chi connectivity index (χ0) is 53.0. The zero-order valence-electron chi connectivity index (χ0n) is 40.1. The molecule has 72 heavy (non-hydrogen) atoms. The molecule has 5 amide bonds. The third-order valence-electron chi connectivity index (χ3n) is 12.0. The number of carboxylic acid groups (broad SMARTS) is 6. The third kappa shape index (κ3) is 24.2. The Kier molecular flexibility index (Phi) is 26.5. The molecular formula is C47H69N9O16. The summed E-state index contributed by atoms with van der Waals surface area (Å²) < 4.78 is 0. The number of rotatable bonds is 36. The number of hydrogen-bond acceptors (Lipinski definition) is 14. The Morgan fingerprint density at radius 3 is 1.72 bits per heavy atom. The number of nitrogens with one attached hydrogen (secondary N) is 7. The summed E-state index contributed by atoms with van der Waals surface area (Å²) >= 11 is 0. The van der Waals surface area contributed by atoms with Gasteiger partial charge in [0.25, 0.3) is 0 Å². The first-order valence-electron chi connectivity index (χ1n) is 23.9. The molecule has 13 N–H and O–H groups in total. The Morgan fingerprint density at radius 1 is 0.569 bits per heavy atom. The molecule has 0 radical (unpaired) electrons. The van der Waals surface area contributed by atoms with Crippen molar-refractivity contribution in [2.45, 2.75) is 82.3 Å². The molecule has 1 fully saturated rings. The molecule has 0 spiro atoms. The summed E-state index contributed by atoms with van der Waals surface area (Å²) in [7, 11) is 0. The van der Waals surface area contributed by atoms with Crippen molar-refractivity contribution in [2.24, 2.45) is 11.8 Å². The van der Waals surface area contributed by atoms with Crippen LogP contribution in [0.15, 0.2) is 42.5 Å². The van der Waals surface area contributed by atoms with E-state index in [1.54, 1.807) is 9.80 Å². The maximum absolute atomic E-state index is 13.7. The van der Waals surface area contributed by atoms with Crippen LogP contribution in [0.1, 0.15) is 63.4 Å². The molecule has 1 aliphatic carbocycles. The van der Waals surface area contributed by atoms with Crippen LogP contribution in [0.2, 0.25) is 0 Å². The lowest BCUT2D eigenvalue weighted by Crippen LogP contribution is -2.51. The molecule has 0 aliphatic heterocycles. The summed E-state index contributed by atoms with van der Waals surface area (Å²) in [4.78, 5) is 123. The highest BCUT2D eigenvalue weighted by molar-refractivity contribution is 5.89. The van der Waals surface area contributed by atoms with E-state index >= 15 is 0 Å². The van der Waals surface area contributed by atoms with Crippen LogP contribution in [0.4, 0.5) is 4.79 Å². The van der Waals surface area contributed by atoms with Crippen molar-refractivity contribution in [3.63, 3.8) is 0 Å². The summed E-state index contributed by atoms with van der Waals surface area (Å²) in [6.45, 7) is 0.981. The highest BCUT2D eigenvalue weighted by atomic mass is 16.4. The van der Waals surface area contributed by atoms with Crippen molar-refractivity contribution in [1.82, 2.24) is 47.0 Å². The molecule has 2 aromatic rings. The lowest BCUT2D eigenvalue weighted by Gasteiger charge is -2.29. The predicted octanol–water partition coefficient (Wildman–Crippen LogP) is -0.816. The highest BCUT2D eigenvalue weighted by Gasteiger charge is 2.30. The van der Waals surface area contributed by atoms with E-state index < -0.39 is 78.7 Å². The standard InChI is InChI=1S/C47H69N9O16/c57-38(26-48-17-19-55(28-41(62)63)21-22-56(29-42(64)65)20-18-49-27-40(60)61)51-25-30-8-12-33(13-9-30)43(66)52-37(24-31-10-11-32-5-1-2-6-34(32)23-31)44(67)50-16-4-3-7-35(45(68)69)53-47(72)54-36(46(70)71)14-15-39(58)59/h1-2,5-6,10-11,23,30,33,35-37,48-49H,3-4,7-9,12-22,24-29H2,(H,50,67)(H,51,57)(H,52,66)(H,58,59)(H,60,61)(H,62,63)(H,64,65)(H,68,69)(H,70,71)(H2,53,54,72). The van der Waals surface area contributed by atoms with Gasteiger partial charge in [-0.25, -0.2) is 14.4 Å². The van der Waals surface area contributed by atoms with Crippen LogP contribution >= 0.6 is 0 Å². The largest absolute Gasteiger partial charge is 0.481 e. The van der Waals surface area contributed by atoms with E-state index in [9.17, 15) is 68.4 Å². The van der Waals surface area contributed by atoms with Crippen LogP contribution in [0, 0.1) is 11.8 Å². The van der Waals surface area contributed by atoms with Crippen molar-refractivity contribution < 1.29 is 78.6 Å². The van der Waals surface area contributed by atoms with Crippen LogP contribution in [-0.2, 0) is 49.6 Å². The molecule has 3 unspecified atom stereocenters. The van der Waals surface area contributed by atoms with E-state index in [1.165, 1.54) is 0 Å². The second kappa shape index (κ2) is 32.1. The van der Waals surface area contributed by atoms with Crippen LogP contribution in [0.5, 0.6) is 0 Å². The average Bonchev–Trinajstić information content (AvgIpc) is 3.32. The number of hydrogen-bond donors (Lipinski definition) is 13. The number of unbranched alkanes of at least 4 members (excludes halogenated alkanes) is 1. The highest BCUT2D eigenvalue weighted by Crippen LogP contribution is 2.29. The minimum atomic E-state index is -1.55. The normalized spacial score (nSPS) is 15.7. The SMILES string of the molecule is O=C(O)CCC(NC(=O)NC(CCCCNC(=O)C(Cc1ccc2ccccc2c1)NC(=O)C1CCC(CNC(=O)CNCCN(CCN(CCNCC(=O)O)CC(=O)O)CC(=O)O)CC1)C(=O)O)C(=O)O. The molecule has 398 valence electrons. The number of carboxylic acids is 6. The molecule has 1 saturated carbocycles. The Morgan fingerprint density at radius 2 is 1.15 bits per heavy atom. The minimum Gasteiger partial charge on any atom is -0.481 e. The first-order chi connectivity index (χ1) is 34.3. The van der Waals surface area contributed by atoms with Crippen LogP contribution < -0.4 is 37.2 Å². The van der Waals surface area contributed by atoms with Crippen LogP contribution in [0.3, 0.4) is 0 Å². The Bertz CT molecular complexity index is 2150. The number of aliphatic carboxylic acids is 6. The summed E-state index contributed by atoms with van der Waals surface area (Å²) in [6.07, 6.45) is 2.03. The number of benzene rings is 2. The molecule has 0 bridgehead atoms. The lowest BCUT2D eigenvalue weighted by atomic mass is 9.81. The summed E-state index contributed by atoms with van der Waals surface area (Å²) in [6, 6.07) is 8.46. The first-order valence-corrected chi connectivity index (χ1v) is 23.9. The molecular weight excluding hydrogens is 947 g/mol. The van der Waals surface area contributed by atoms with Gasteiger partial charge in [0.05, 0.1) is 26.2 Å². The van der Waals surface area contributed by atoms with Gasteiger partial charge in [0, 0.05) is 71.1 Å². The van der Waals surface area contributed by atoms with Crippen LogP contribution in [-0.4, -0.2) is 197 Å². The Labute approximate surface area is 415 Å². The van der Waals surface area contributed by atoms with E-state index in [-0.39, 0.29) is 115 Å². The minimum absolute atomic E-state index is 0.0339. The number of carbonyl (C=O) groups is 10. The summed E-state index contributed by atoms with van der Waals surface area (Å²) in [5.41, 5.74) is 0.808. The molecule has 0 heterocycles. The zero-order valence-corrected chi connectivity index (χ0v) is 40.1. The van der Waals surface area contributed by atoms with Gasteiger partial charge in [0.2, 0.25) is 17.7 Å². The second-order valence-electron chi connectivity index (χ2n) is 17.7. The van der Waals surface area contributed by atoms with E-state index in [4.69, 9.17) is 10.2 Å². The fourth-order valence-corrected chi connectivity index (χ4v) is 8.08. The van der Waals surface area contributed by atoms with Crippen LogP contribution in [0.25, 0.3) is 10.8 Å². The monoisotopic (exact) mass is 1020 g/mol. The smallest absolute Gasteiger partial charge is 0.326 e. The molecule has 0 aromatic heterocycles. The van der Waals surface area contributed by atoms with Crippen molar-refractivity contribution in [3.8, 4) is 0 Å². The molecule has 0 saturated heterocycles. The van der Waals surface area contributed by atoms with Gasteiger partial charge < -0.3 is 67.9 Å². The van der Waals surface area contributed by atoms with E-state index in [0.29, 0.717) is 38.6 Å². The fraction of sp³-hybridized carbons (Fsp3) is 0.574. The maximum atomic E-state index is 13.7. The predicted molar refractivity (Wildman–Crippen MR) is 258 cm³/mol. The first kappa shape index (κ1) is 59.3.